The fourth-order valence-corrected chi connectivity index (χ4v) is 4.82. The number of hydrogen-bond donors (Lipinski definition) is 1. The van der Waals surface area contributed by atoms with Gasteiger partial charge >= 0.3 is 0 Å². The van der Waals surface area contributed by atoms with E-state index in [1.54, 1.807) is 24.3 Å². The molecule has 9 heteroatoms. The molecule has 1 amide bonds. The first-order valence-electron chi connectivity index (χ1n) is 8.92. The molecule has 5 nitrogen and oxygen atoms in total. The molecule has 152 valence electrons. The van der Waals surface area contributed by atoms with Crippen LogP contribution < -0.4 is 10.9 Å². The third kappa shape index (κ3) is 4.39. The van der Waals surface area contributed by atoms with Crippen molar-refractivity contribution in [2.24, 2.45) is 0 Å². The molecule has 4 rings (SSSR count). The lowest BCUT2D eigenvalue weighted by molar-refractivity contribution is -0.118. The highest BCUT2D eigenvalue weighted by molar-refractivity contribution is 7.99. The number of halogens is 2. The summed E-state index contributed by atoms with van der Waals surface area (Å²) in [5.74, 6) is -0.0557. The van der Waals surface area contributed by atoms with Crippen molar-refractivity contribution in [3.05, 3.63) is 85.9 Å². The van der Waals surface area contributed by atoms with Gasteiger partial charge in [0.25, 0.3) is 5.56 Å². The van der Waals surface area contributed by atoms with Crippen LogP contribution in [0.2, 0.25) is 10.0 Å². The molecule has 2 heterocycles. The Bertz CT molecular complexity index is 1270. The monoisotopic (exact) mass is 475 g/mol. The van der Waals surface area contributed by atoms with Crippen molar-refractivity contribution in [1.82, 2.24) is 14.9 Å². The molecule has 0 aliphatic heterocycles. The molecule has 0 bridgehead atoms. The van der Waals surface area contributed by atoms with Gasteiger partial charge in [-0.1, -0.05) is 71.4 Å². The minimum Gasteiger partial charge on any atom is -0.351 e. The number of amides is 1. The standard InChI is InChI=1S/C21H15Cl2N3O2S2/c22-14-7-4-8-16(18(14)23)26-20(28)19-15(9-10-29-19)25-21(26)30-12-17(27)24-11-13-5-2-1-3-6-13/h1-10H,11-12H2,(H,24,27). The van der Waals surface area contributed by atoms with Gasteiger partial charge in [-0.05, 0) is 29.1 Å². The molecule has 0 atom stereocenters. The molecule has 2 aromatic carbocycles. The fourth-order valence-electron chi connectivity index (χ4n) is 2.84. The summed E-state index contributed by atoms with van der Waals surface area (Å²) in [5, 5.41) is 5.66. The molecule has 0 unspecified atom stereocenters. The Hall–Kier alpha value is -2.32. The molecule has 0 spiro atoms. The summed E-state index contributed by atoms with van der Waals surface area (Å²) in [6.45, 7) is 0.435. The largest absolute Gasteiger partial charge is 0.351 e. The predicted molar refractivity (Wildman–Crippen MR) is 124 cm³/mol. The van der Waals surface area contributed by atoms with Crippen molar-refractivity contribution in [3.63, 3.8) is 0 Å². The highest BCUT2D eigenvalue weighted by atomic mass is 35.5. The topological polar surface area (TPSA) is 64.0 Å². The zero-order valence-electron chi connectivity index (χ0n) is 15.5. The maximum Gasteiger partial charge on any atom is 0.276 e. The lowest BCUT2D eigenvalue weighted by atomic mass is 10.2. The molecule has 0 fully saturated rings. The van der Waals surface area contributed by atoms with Gasteiger partial charge in [0.1, 0.15) is 4.70 Å². The van der Waals surface area contributed by atoms with E-state index in [9.17, 15) is 9.59 Å². The van der Waals surface area contributed by atoms with E-state index in [1.165, 1.54) is 27.7 Å². The number of thiophene rings is 1. The van der Waals surface area contributed by atoms with E-state index in [4.69, 9.17) is 23.2 Å². The summed E-state index contributed by atoms with van der Waals surface area (Å²) in [6.07, 6.45) is 0. The van der Waals surface area contributed by atoms with Gasteiger partial charge in [0, 0.05) is 6.54 Å². The molecule has 2 aromatic heterocycles. The lowest BCUT2D eigenvalue weighted by Crippen LogP contribution is -2.26. The SMILES string of the molecule is O=C(CSc1nc2ccsc2c(=O)n1-c1cccc(Cl)c1Cl)NCc1ccccc1. The minimum absolute atomic E-state index is 0.104. The van der Waals surface area contributed by atoms with Crippen LogP contribution >= 0.6 is 46.3 Å². The van der Waals surface area contributed by atoms with E-state index in [-0.39, 0.29) is 22.2 Å². The van der Waals surface area contributed by atoms with Crippen LogP contribution in [0.5, 0.6) is 0 Å². The molecule has 0 radical (unpaired) electrons. The number of nitrogens with zero attached hydrogens (tertiary/aromatic N) is 2. The average molecular weight is 476 g/mol. The molecule has 0 aliphatic rings. The summed E-state index contributed by atoms with van der Waals surface area (Å²) >= 11 is 15.0. The molecular weight excluding hydrogens is 461 g/mol. The van der Waals surface area contributed by atoms with Crippen LogP contribution in [0.3, 0.4) is 0 Å². The van der Waals surface area contributed by atoms with E-state index >= 15 is 0 Å². The van der Waals surface area contributed by atoms with Crippen molar-refractivity contribution in [2.45, 2.75) is 11.7 Å². The highest BCUT2D eigenvalue weighted by Crippen LogP contribution is 2.31. The summed E-state index contributed by atoms with van der Waals surface area (Å²) in [4.78, 5) is 30.1. The van der Waals surface area contributed by atoms with Crippen LogP contribution in [0.4, 0.5) is 0 Å². The summed E-state index contributed by atoms with van der Waals surface area (Å²) < 4.78 is 1.94. The molecule has 0 aliphatic carbocycles. The Labute approximate surface area is 190 Å². The Morgan fingerprint density at radius 1 is 1.10 bits per heavy atom. The first kappa shape index (κ1) is 20.9. The van der Waals surface area contributed by atoms with Crippen LogP contribution in [0, 0.1) is 0 Å². The fraction of sp³-hybridized carbons (Fsp3) is 0.0952. The van der Waals surface area contributed by atoms with Gasteiger partial charge in [-0.2, -0.15) is 0 Å². The van der Waals surface area contributed by atoms with Crippen molar-refractivity contribution in [2.75, 3.05) is 5.75 Å². The second-order valence-corrected chi connectivity index (χ2v) is 8.94. The Morgan fingerprint density at radius 2 is 1.90 bits per heavy atom. The predicted octanol–water partition coefficient (Wildman–Crippen LogP) is 5.16. The zero-order chi connectivity index (χ0) is 21.1. The molecule has 0 saturated carbocycles. The minimum atomic E-state index is -0.244. The van der Waals surface area contributed by atoms with Crippen LogP contribution in [-0.4, -0.2) is 21.2 Å². The quantitative estimate of drug-likeness (QED) is 0.308. The van der Waals surface area contributed by atoms with Gasteiger partial charge < -0.3 is 5.32 Å². The molecular formula is C21H15Cl2N3O2S2. The van der Waals surface area contributed by atoms with Crippen LogP contribution in [0.15, 0.2) is 69.9 Å². The van der Waals surface area contributed by atoms with E-state index < -0.39 is 0 Å². The third-order valence-corrected chi connectivity index (χ3v) is 6.93. The maximum atomic E-state index is 13.1. The number of carbonyl (C=O) groups excluding carboxylic acids is 1. The first-order valence-corrected chi connectivity index (χ1v) is 11.5. The van der Waals surface area contributed by atoms with E-state index in [0.717, 1.165) is 5.56 Å². The molecule has 1 N–H and O–H groups in total. The zero-order valence-corrected chi connectivity index (χ0v) is 18.6. The number of aromatic nitrogens is 2. The number of benzene rings is 2. The van der Waals surface area contributed by atoms with E-state index in [2.05, 4.69) is 10.3 Å². The average Bonchev–Trinajstić information content (AvgIpc) is 3.23. The van der Waals surface area contributed by atoms with Gasteiger partial charge in [-0.25, -0.2) is 4.98 Å². The van der Waals surface area contributed by atoms with Crippen molar-refractivity contribution >= 4 is 62.4 Å². The number of nitrogens with one attached hydrogen (secondary N) is 1. The second kappa shape index (κ2) is 9.22. The lowest BCUT2D eigenvalue weighted by Gasteiger charge is -2.14. The number of hydrogen-bond acceptors (Lipinski definition) is 5. The van der Waals surface area contributed by atoms with Gasteiger partial charge in [-0.3, -0.25) is 14.2 Å². The Balaban J connectivity index is 1.62. The van der Waals surface area contributed by atoms with Crippen LogP contribution in [-0.2, 0) is 11.3 Å². The molecule has 0 saturated heterocycles. The molecule has 30 heavy (non-hydrogen) atoms. The van der Waals surface area contributed by atoms with Crippen molar-refractivity contribution in [3.8, 4) is 5.69 Å². The summed E-state index contributed by atoms with van der Waals surface area (Å²) in [6, 6.07) is 16.5. The first-order chi connectivity index (χ1) is 14.5. The highest BCUT2D eigenvalue weighted by Gasteiger charge is 2.18. The summed E-state index contributed by atoms with van der Waals surface area (Å²) in [7, 11) is 0. The van der Waals surface area contributed by atoms with E-state index in [1.807, 2.05) is 35.7 Å². The second-order valence-electron chi connectivity index (χ2n) is 6.29. The van der Waals surface area contributed by atoms with Crippen molar-refractivity contribution in [1.29, 1.82) is 0 Å². The van der Waals surface area contributed by atoms with Gasteiger partial charge in [0.05, 0.1) is 27.0 Å². The van der Waals surface area contributed by atoms with Crippen molar-refractivity contribution < 1.29 is 4.79 Å². The van der Waals surface area contributed by atoms with Crippen LogP contribution in [0.25, 0.3) is 15.9 Å². The normalized spacial score (nSPS) is 11.0. The number of rotatable bonds is 6. The van der Waals surface area contributed by atoms with Gasteiger partial charge in [0.15, 0.2) is 5.16 Å². The Kier molecular flexibility index (Phi) is 6.43. The molecule has 4 aromatic rings. The number of fused-ring (bicyclic) bond motifs is 1. The van der Waals surface area contributed by atoms with Crippen LogP contribution in [0.1, 0.15) is 5.56 Å². The smallest absolute Gasteiger partial charge is 0.276 e. The number of carbonyl (C=O) groups is 1. The third-order valence-electron chi connectivity index (χ3n) is 4.29. The van der Waals surface area contributed by atoms with Gasteiger partial charge in [0.2, 0.25) is 5.91 Å². The van der Waals surface area contributed by atoms with Gasteiger partial charge in [-0.15, -0.1) is 11.3 Å². The van der Waals surface area contributed by atoms with E-state index in [0.29, 0.717) is 32.6 Å². The summed E-state index contributed by atoms with van der Waals surface area (Å²) in [5.41, 5.74) is 1.79. The Morgan fingerprint density at radius 3 is 2.70 bits per heavy atom. The number of thioether (sulfide) groups is 1. The maximum absolute atomic E-state index is 13.1.